The molecule has 0 radical (unpaired) electrons. The molecule has 6 heavy (non-hydrogen) atoms. The minimum atomic E-state index is 0.331. The zero-order valence-corrected chi connectivity index (χ0v) is 4.07. The van der Waals surface area contributed by atoms with Crippen molar-refractivity contribution in [2.24, 2.45) is 11.5 Å². The highest BCUT2D eigenvalue weighted by atomic mass is 35.5. The summed E-state index contributed by atoms with van der Waals surface area (Å²) in [6.07, 6.45) is 1.28. The quantitative estimate of drug-likeness (QED) is 0.494. The van der Waals surface area contributed by atoms with Gasteiger partial charge in [-0.1, -0.05) is 11.6 Å². The fourth-order valence-corrected chi connectivity index (χ4v) is 0.0680. The lowest BCUT2D eigenvalue weighted by Gasteiger charge is -1.82. The molecule has 0 rings (SSSR count). The molecular weight excluding hydrogens is 99.5 g/mol. The van der Waals surface area contributed by atoms with Crippen LogP contribution in [0.3, 0.4) is 0 Å². The van der Waals surface area contributed by atoms with Gasteiger partial charge in [0.1, 0.15) is 0 Å². The molecule has 0 aliphatic carbocycles. The predicted molar refractivity (Wildman–Crippen MR) is 27.2 cm³/mol. The van der Waals surface area contributed by atoms with Crippen LogP contribution in [0.1, 0.15) is 0 Å². The third-order valence-electron chi connectivity index (χ3n) is 0.376. The van der Waals surface area contributed by atoms with E-state index < -0.39 is 0 Å². The van der Waals surface area contributed by atoms with E-state index in [2.05, 4.69) is 0 Å². The van der Waals surface area contributed by atoms with E-state index in [-0.39, 0.29) is 0 Å². The second kappa shape index (κ2) is 3.00. The van der Waals surface area contributed by atoms with E-state index in [4.69, 9.17) is 23.1 Å². The van der Waals surface area contributed by atoms with Gasteiger partial charge in [-0.15, -0.1) is 0 Å². The maximum Gasteiger partial charge on any atom is 0.0471 e. The summed E-state index contributed by atoms with van der Waals surface area (Å²) >= 11 is 5.26. The summed E-state index contributed by atoms with van der Waals surface area (Å²) in [4.78, 5) is 0. The average molecular weight is 107 g/mol. The van der Waals surface area contributed by atoms with Gasteiger partial charge in [0.25, 0.3) is 0 Å². The van der Waals surface area contributed by atoms with Crippen molar-refractivity contribution in [3.8, 4) is 0 Å². The molecule has 0 aromatic carbocycles. The first-order chi connectivity index (χ1) is 2.81. The van der Waals surface area contributed by atoms with Crippen LogP contribution in [0.4, 0.5) is 0 Å². The summed E-state index contributed by atoms with van der Waals surface area (Å²) < 4.78 is 0. The van der Waals surface area contributed by atoms with Crippen LogP contribution >= 0.6 is 11.6 Å². The standard InChI is InChI=1S/C3H7ClN2/c4-3(1-5)2-6/h1H,2,5-6H2. The normalized spacial score (nSPS) is 12.0. The Labute approximate surface area is 41.8 Å². The number of hydrogen-bond donors (Lipinski definition) is 2. The molecule has 36 valence electrons. The molecule has 0 aliphatic rings. The highest BCUT2D eigenvalue weighted by Gasteiger charge is 1.77. The predicted octanol–water partition coefficient (Wildman–Crippen LogP) is -0.0160. The molecule has 0 saturated heterocycles. The minimum absolute atomic E-state index is 0.331. The van der Waals surface area contributed by atoms with Crippen LogP contribution in [-0.4, -0.2) is 6.54 Å². The summed E-state index contributed by atoms with van der Waals surface area (Å²) in [6.45, 7) is 0.331. The Morgan fingerprint density at radius 3 is 2.33 bits per heavy atom. The van der Waals surface area contributed by atoms with Crippen LogP contribution in [0.5, 0.6) is 0 Å². The summed E-state index contributed by atoms with van der Waals surface area (Å²) in [5, 5.41) is 0.495. The highest BCUT2D eigenvalue weighted by Crippen LogP contribution is 1.90. The number of nitrogens with two attached hydrogens (primary N) is 2. The van der Waals surface area contributed by atoms with Gasteiger partial charge in [0, 0.05) is 17.8 Å². The van der Waals surface area contributed by atoms with Gasteiger partial charge < -0.3 is 11.5 Å². The lowest BCUT2D eigenvalue weighted by Crippen LogP contribution is -1.99. The Kier molecular flexibility index (Phi) is 2.89. The monoisotopic (exact) mass is 106 g/mol. The zero-order chi connectivity index (χ0) is 4.99. The van der Waals surface area contributed by atoms with Gasteiger partial charge in [-0.05, 0) is 0 Å². The van der Waals surface area contributed by atoms with Crippen molar-refractivity contribution in [1.82, 2.24) is 0 Å². The van der Waals surface area contributed by atoms with Crippen LogP contribution in [0.25, 0.3) is 0 Å². The van der Waals surface area contributed by atoms with Crippen LogP contribution in [0.15, 0.2) is 11.2 Å². The van der Waals surface area contributed by atoms with Crippen molar-refractivity contribution < 1.29 is 0 Å². The molecule has 0 bridgehead atoms. The summed E-state index contributed by atoms with van der Waals surface area (Å²) in [7, 11) is 0. The van der Waals surface area contributed by atoms with Gasteiger partial charge in [-0.2, -0.15) is 0 Å². The van der Waals surface area contributed by atoms with Gasteiger partial charge in [-0.3, -0.25) is 0 Å². The number of halogens is 1. The van der Waals surface area contributed by atoms with Crippen LogP contribution < -0.4 is 11.5 Å². The number of rotatable bonds is 1. The van der Waals surface area contributed by atoms with Crippen molar-refractivity contribution in [2.45, 2.75) is 0 Å². The molecular formula is C3H7ClN2. The van der Waals surface area contributed by atoms with Gasteiger partial charge in [0.15, 0.2) is 0 Å². The first-order valence-corrected chi connectivity index (χ1v) is 1.95. The van der Waals surface area contributed by atoms with Crippen molar-refractivity contribution in [3.05, 3.63) is 11.2 Å². The Morgan fingerprint density at radius 1 is 1.83 bits per heavy atom. The molecule has 0 aromatic heterocycles. The molecule has 0 aliphatic heterocycles. The van der Waals surface area contributed by atoms with E-state index >= 15 is 0 Å². The molecule has 0 aromatic rings. The molecule has 0 amide bonds. The first-order valence-electron chi connectivity index (χ1n) is 1.57. The molecule has 3 heteroatoms. The Hall–Kier alpha value is -0.210. The van der Waals surface area contributed by atoms with E-state index in [1.54, 1.807) is 0 Å². The number of hydrogen-bond acceptors (Lipinski definition) is 2. The summed E-state index contributed by atoms with van der Waals surface area (Å²) in [5.74, 6) is 0. The van der Waals surface area contributed by atoms with Crippen molar-refractivity contribution in [1.29, 1.82) is 0 Å². The van der Waals surface area contributed by atoms with Crippen LogP contribution in [0, 0.1) is 0 Å². The van der Waals surface area contributed by atoms with Gasteiger partial charge in [-0.25, -0.2) is 0 Å². The van der Waals surface area contributed by atoms with E-state index in [1.165, 1.54) is 6.20 Å². The third kappa shape index (κ3) is 2.05. The summed E-state index contributed by atoms with van der Waals surface area (Å²) in [6, 6.07) is 0. The lowest BCUT2D eigenvalue weighted by atomic mass is 10.6. The molecule has 0 atom stereocenters. The Bertz CT molecular complexity index is 59.8. The van der Waals surface area contributed by atoms with Gasteiger partial charge in [0.2, 0.25) is 0 Å². The second-order valence-electron chi connectivity index (χ2n) is 0.818. The maximum absolute atomic E-state index is 5.26. The molecule has 2 nitrogen and oxygen atoms in total. The van der Waals surface area contributed by atoms with E-state index in [9.17, 15) is 0 Å². The molecule has 0 saturated carbocycles. The maximum atomic E-state index is 5.26. The van der Waals surface area contributed by atoms with Gasteiger partial charge >= 0.3 is 0 Å². The van der Waals surface area contributed by atoms with E-state index in [1.807, 2.05) is 0 Å². The second-order valence-corrected chi connectivity index (χ2v) is 1.30. The Morgan fingerprint density at radius 2 is 2.33 bits per heavy atom. The Balaban J connectivity index is 3.22. The first kappa shape index (κ1) is 5.79. The molecule has 0 fully saturated rings. The van der Waals surface area contributed by atoms with Crippen molar-refractivity contribution >= 4 is 11.6 Å². The highest BCUT2D eigenvalue weighted by molar-refractivity contribution is 6.29. The molecule has 0 heterocycles. The topological polar surface area (TPSA) is 52.0 Å². The lowest BCUT2D eigenvalue weighted by molar-refractivity contribution is 1.21. The SMILES string of the molecule is NC=C(Cl)CN. The third-order valence-corrected chi connectivity index (χ3v) is 0.656. The minimum Gasteiger partial charge on any atom is -0.404 e. The van der Waals surface area contributed by atoms with Crippen LogP contribution in [-0.2, 0) is 0 Å². The zero-order valence-electron chi connectivity index (χ0n) is 3.32. The van der Waals surface area contributed by atoms with E-state index in [0.29, 0.717) is 11.6 Å². The van der Waals surface area contributed by atoms with E-state index in [0.717, 1.165) is 0 Å². The van der Waals surface area contributed by atoms with Gasteiger partial charge in [0.05, 0.1) is 0 Å². The molecule has 4 N–H and O–H groups in total. The van der Waals surface area contributed by atoms with Crippen molar-refractivity contribution in [3.63, 3.8) is 0 Å². The van der Waals surface area contributed by atoms with Crippen molar-refractivity contribution in [2.75, 3.05) is 6.54 Å². The van der Waals surface area contributed by atoms with Crippen LogP contribution in [0.2, 0.25) is 0 Å². The molecule has 0 unspecified atom stereocenters. The largest absolute Gasteiger partial charge is 0.404 e. The molecule has 0 spiro atoms. The average Bonchev–Trinajstić information content (AvgIpc) is 1.65. The fourth-order valence-electron chi connectivity index (χ4n) is 0.0680. The fraction of sp³-hybridized carbons (Fsp3) is 0.333. The smallest absolute Gasteiger partial charge is 0.0471 e. The summed E-state index contributed by atoms with van der Waals surface area (Å²) in [5.41, 5.74) is 9.91.